The Hall–Kier alpha value is -3.20. The van der Waals surface area contributed by atoms with E-state index >= 15 is 0 Å². The third-order valence-electron chi connectivity index (χ3n) is 3.33. The first-order valence-electron chi connectivity index (χ1n) is 7.38. The van der Waals surface area contributed by atoms with Crippen molar-refractivity contribution in [3.63, 3.8) is 0 Å². The molecule has 0 radical (unpaired) electrons. The summed E-state index contributed by atoms with van der Waals surface area (Å²) in [5.74, 6) is 0.458. The van der Waals surface area contributed by atoms with Gasteiger partial charge in [-0.1, -0.05) is 54.6 Å². The van der Waals surface area contributed by atoms with Gasteiger partial charge in [-0.15, -0.1) is 0 Å². The molecule has 0 saturated heterocycles. The molecule has 23 heavy (non-hydrogen) atoms. The average Bonchev–Trinajstić information content (AvgIpc) is 2.63. The number of carbonyl (C=O) groups is 1. The average molecular weight is 300 g/mol. The predicted molar refractivity (Wildman–Crippen MR) is 93.3 cm³/mol. The zero-order valence-electron chi connectivity index (χ0n) is 12.5. The van der Waals surface area contributed by atoms with E-state index < -0.39 is 0 Å². The van der Waals surface area contributed by atoms with Gasteiger partial charge in [0.2, 0.25) is 0 Å². The highest BCUT2D eigenvalue weighted by Crippen LogP contribution is 2.23. The third-order valence-corrected chi connectivity index (χ3v) is 3.33. The summed E-state index contributed by atoms with van der Waals surface area (Å²) in [6.45, 7) is 0. The zero-order valence-corrected chi connectivity index (χ0v) is 12.5. The van der Waals surface area contributed by atoms with E-state index in [0.717, 1.165) is 11.3 Å². The second kappa shape index (κ2) is 7.18. The fourth-order valence-corrected chi connectivity index (χ4v) is 2.24. The maximum Gasteiger partial charge on any atom is 0.256 e. The SMILES string of the molecule is O=C(/C=C/c1ccccc1)N(c1ccccc1)c1ccccn1. The lowest BCUT2D eigenvalue weighted by molar-refractivity contribution is -0.113. The van der Waals surface area contributed by atoms with Crippen LogP contribution in [-0.2, 0) is 4.79 Å². The molecule has 0 unspecified atom stereocenters. The number of hydrogen-bond donors (Lipinski definition) is 0. The van der Waals surface area contributed by atoms with Gasteiger partial charge in [0.1, 0.15) is 5.82 Å². The Balaban J connectivity index is 1.93. The van der Waals surface area contributed by atoms with E-state index in [-0.39, 0.29) is 5.91 Å². The Bertz CT molecular complexity index is 744. The highest BCUT2D eigenvalue weighted by Gasteiger charge is 2.16. The number of anilines is 2. The summed E-state index contributed by atoms with van der Waals surface area (Å²) >= 11 is 0. The predicted octanol–water partition coefficient (Wildman–Crippen LogP) is 4.46. The zero-order chi connectivity index (χ0) is 15.9. The molecule has 0 aliphatic heterocycles. The van der Waals surface area contributed by atoms with Gasteiger partial charge in [-0.2, -0.15) is 0 Å². The summed E-state index contributed by atoms with van der Waals surface area (Å²) in [6, 6.07) is 24.8. The van der Waals surface area contributed by atoms with Gasteiger partial charge in [-0.05, 0) is 35.9 Å². The molecule has 0 atom stereocenters. The molecule has 0 fully saturated rings. The normalized spacial score (nSPS) is 10.6. The number of carbonyl (C=O) groups excluding carboxylic acids is 1. The number of rotatable bonds is 4. The van der Waals surface area contributed by atoms with Crippen molar-refractivity contribution in [1.29, 1.82) is 0 Å². The van der Waals surface area contributed by atoms with Crippen molar-refractivity contribution in [2.75, 3.05) is 4.90 Å². The van der Waals surface area contributed by atoms with Crippen molar-refractivity contribution < 1.29 is 4.79 Å². The van der Waals surface area contributed by atoms with Crippen LogP contribution in [-0.4, -0.2) is 10.9 Å². The quantitative estimate of drug-likeness (QED) is 0.666. The molecular formula is C20H16N2O. The first kappa shape index (κ1) is 14.7. The van der Waals surface area contributed by atoms with Crippen LogP contribution in [0, 0.1) is 0 Å². The van der Waals surface area contributed by atoms with Crippen molar-refractivity contribution in [3.05, 3.63) is 96.7 Å². The molecule has 2 aromatic carbocycles. The largest absolute Gasteiger partial charge is 0.269 e. The van der Waals surface area contributed by atoms with Gasteiger partial charge in [-0.25, -0.2) is 4.98 Å². The summed E-state index contributed by atoms with van der Waals surface area (Å²) < 4.78 is 0. The number of amides is 1. The van der Waals surface area contributed by atoms with Crippen LogP contribution in [0.15, 0.2) is 91.1 Å². The first-order chi connectivity index (χ1) is 11.3. The maximum atomic E-state index is 12.7. The minimum absolute atomic E-state index is 0.140. The number of hydrogen-bond acceptors (Lipinski definition) is 2. The number of para-hydroxylation sites is 1. The van der Waals surface area contributed by atoms with Crippen LogP contribution >= 0.6 is 0 Å². The maximum absolute atomic E-state index is 12.7. The van der Waals surface area contributed by atoms with E-state index in [1.807, 2.05) is 78.9 Å². The Morgan fingerprint density at radius 2 is 1.48 bits per heavy atom. The van der Waals surface area contributed by atoms with E-state index in [1.165, 1.54) is 0 Å². The minimum atomic E-state index is -0.140. The Morgan fingerprint density at radius 1 is 0.826 bits per heavy atom. The smallest absolute Gasteiger partial charge is 0.256 e. The molecule has 112 valence electrons. The van der Waals surface area contributed by atoms with Crippen LogP contribution in [0.4, 0.5) is 11.5 Å². The van der Waals surface area contributed by atoms with Crippen molar-refractivity contribution in [1.82, 2.24) is 4.98 Å². The molecule has 0 aliphatic rings. The molecule has 3 rings (SSSR count). The van der Waals surface area contributed by atoms with Crippen molar-refractivity contribution >= 4 is 23.5 Å². The highest BCUT2D eigenvalue weighted by atomic mass is 16.2. The lowest BCUT2D eigenvalue weighted by Gasteiger charge is -2.20. The Kier molecular flexibility index (Phi) is 4.60. The summed E-state index contributed by atoms with van der Waals surface area (Å²) in [6.07, 6.45) is 5.05. The van der Waals surface area contributed by atoms with Gasteiger partial charge >= 0.3 is 0 Å². The number of aromatic nitrogens is 1. The molecule has 1 amide bonds. The molecule has 3 nitrogen and oxygen atoms in total. The molecule has 1 aromatic heterocycles. The van der Waals surface area contributed by atoms with Crippen molar-refractivity contribution in [3.8, 4) is 0 Å². The van der Waals surface area contributed by atoms with E-state index in [2.05, 4.69) is 4.98 Å². The highest BCUT2D eigenvalue weighted by molar-refractivity contribution is 6.08. The fraction of sp³-hybridized carbons (Fsp3) is 0. The summed E-state index contributed by atoms with van der Waals surface area (Å²) in [4.78, 5) is 18.6. The van der Waals surface area contributed by atoms with E-state index in [9.17, 15) is 4.79 Å². The standard InChI is InChI=1S/C20H16N2O/c23-20(15-14-17-9-3-1-4-10-17)22(18-11-5-2-6-12-18)19-13-7-8-16-21-19/h1-16H/b15-14+. The van der Waals surface area contributed by atoms with Crippen LogP contribution in [0.5, 0.6) is 0 Å². The molecule has 3 heteroatoms. The topological polar surface area (TPSA) is 33.2 Å². The van der Waals surface area contributed by atoms with Crippen LogP contribution in [0.1, 0.15) is 5.56 Å². The number of pyridine rings is 1. The van der Waals surface area contributed by atoms with Crippen LogP contribution in [0.3, 0.4) is 0 Å². The molecule has 0 aliphatic carbocycles. The summed E-state index contributed by atoms with van der Waals surface area (Å²) in [7, 11) is 0. The van der Waals surface area contributed by atoms with Gasteiger partial charge < -0.3 is 0 Å². The van der Waals surface area contributed by atoms with Crippen LogP contribution < -0.4 is 4.90 Å². The van der Waals surface area contributed by atoms with Gasteiger partial charge in [0.15, 0.2) is 0 Å². The second-order valence-corrected chi connectivity index (χ2v) is 4.94. The van der Waals surface area contributed by atoms with E-state index in [1.54, 1.807) is 23.2 Å². The van der Waals surface area contributed by atoms with Gasteiger partial charge in [-0.3, -0.25) is 9.69 Å². The van der Waals surface area contributed by atoms with Crippen molar-refractivity contribution in [2.45, 2.75) is 0 Å². The van der Waals surface area contributed by atoms with Crippen LogP contribution in [0.2, 0.25) is 0 Å². The summed E-state index contributed by atoms with van der Waals surface area (Å²) in [5.41, 5.74) is 1.77. The second-order valence-electron chi connectivity index (χ2n) is 4.94. The molecule has 0 bridgehead atoms. The van der Waals surface area contributed by atoms with Gasteiger partial charge in [0.05, 0.1) is 5.69 Å². The molecule has 3 aromatic rings. The molecule has 0 spiro atoms. The van der Waals surface area contributed by atoms with Gasteiger partial charge in [0, 0.05) is 12.3 Å². The Labute approximate surface area is 135 Å². The molecule has 0 N–H and O–H groups in total. The molecular weight excluding hydrogens is 284 g/mol. The molecule has 1 heterocycles. The minimum Gasteiger partial charge on any atom is -0.269 e. The first-order valence-corrected chi connectivity index (χ1v) is 7.38. The van der Waals surface area contributed by atoms with E-state index in [4.69, 9.17) is 0 Å². The van der Waals surface area contributed by atoms with Crippen LogP contribution in [0.25, 0.3) is 6.08 Å². The third kappa shape index (κ3) is 3.71. The van der Waals surface area contributed by atoms with Gasteiger partial charge in [0.25, 0.3) is 5.91 Å². The fourth-order valence-electron chi connectivity index (χ4n) is 2.24. The number of benzene rings is 2. The summed E-state index contributed by atoms with van der Waals surface area (Å²) in [5, 5.41) is 0. The van der Waals surface area contributed by atoms with E-state index in [0.29, 0.717) is 5.82 Å². The number of nitrogens with zero attached hydrogens (tertiary/aromatic N) is 2. The molecule has 0 saturated carbocycles. The lowest BCUT2D eigenvalue weighted by atomic mass is 10.2. The monoisotopic (exact) mass is 300 g/mol. The van der Waals surface area contributed by atoms with Crippen molar-refractivity contribution in [2.24, 2.45) is 0 Å². The lowest BCUT2D eigenvalue weighted by Crippen LogP contribution is -2.24. The Morgan fingerprint density at radius 3 is 2.13 bits per heavy atom.